The number of anilines is 2. The van der Waals surface area contributed by atoms with Gasteiger partial charge in [-0.15, -0.1) is 11.3 Å². The number of likely N-dealkylation sites (tertiary alicyclic amines) is 2. The first-order valence-corrected chi connectivity index (χ1v) is 28.4. The van der Waals surface area contributed by atoms with Gasteiger partial charge in [0.2, 0.25) is 17.7 Å². The number of ether oxygens (including phenoxy) is 1. The van der Waals surface area contributed by atoms with Crippen molar-refractivity contribution in [1.29, 1.82) is 0 Å². The van der Waals surface area contributed by atoms with Crippen molar-refractivity contribution in [3.05, 3.63) is 142 Å². The van der Waals surface area contributed by atoms with E-state index in [2.05, 4.69) is 25.9 Å². The summed E-state index contributed by atoms with van der Waals surface area (Å²) in [4.78, 5) is 88.8. The number of carbonyl (C=O) groups is 5. The fourth-order valence-corrected chi connectivity index (χ4v) is 12.6. The number of carboxylic acid groups (broad SMARTS) is 1. The van der Waals surface area contributed by atoms with Crippen molar-refractivity contribution in [3.63, 3.8) is 0 Å². The Balaban J connectivity index is 0.741. The SMILES string of the molecule is Cc1ncsc1-c1ccc([C@H](C)NC(=O)[C@@H]2C[C@@H](O)CN2C(=O)[C@@H](NC(=O)CN2CCC(Oc3cccc(-c4ccc(N5CCc6cccc(C(=O)Nc7nc8ccccc8s7)c6C5)nc4C(=O)O)c3C)CC2)C(C)(C)C)cc1. The highest BCUT2D eigenvalue weighted by atomic mass is 32.1. The number of hydrogen-bond donors (Lipinski definition) is 5. The average Bonchev–Trinajstić information content (AvgIpc) is 4.19. The van der Waals surface area contributed by atoms with Gasteiger partial charge in [0.1, 0.15) is 29.8 Å². The topological polar surface area (TPSA) is 220 Å². The van der Waals surface area contributed by atoms with Crippen LogP contribution in [0, 0.1) is 19.3 Å². The maximum atomic E-state index is 14.4. The zero-order valence-electron chi connectivity index (χ0n) is 45.1. The van der Waals surface area contributed by atoms with Gasteiger partial charge in [-0.2, -0.15) is 0 Å². The number of amides is 4. The molecule has 2 fully saturated rings. The number of carbonyl (C=O) groups excluding carboxylic acids is 4. The van der Waals surface area contributed by atoms with Gasteiger partial charge in [0, 0.05) is 50.3 Å². The predicted molar refractivity (Wildman–Crippen MR) is 307 cm³/mol. The van der Waals surface area contributed by atoms with E-state index in [0.29, 0.717) is 78.8 Å². The maximum Gasteiger partial charge on any atom is 0.355 e. The lowest BCUT2D eigenvalue weighted by Gasteiger charge is -2.36. The van der Waals surface area contributed by atoms with Crippen LogP contribution in [0.5, 0.6) is 5.75 Å². The number of thiazole rings is 2. The van der Waals surface area contributed by atoms with Gasteiger partial charge in [-0.3, -0.25) is 29.4 Å². The number of nitrogens with one attached hydrogen (secondary N) is 3. The van der Waals surface area contributed by atoms with E-state index in [1.165, 1.54) is 16.2 Å². The highest BCUT2D eigenvalue weighted by molar-refractivity contribution is 7.22. The molecule has 5 N–H and O–H groups in total. The number of carboxylic acids is 1. The Morgan fingerprint density at radius 2 is 1.62 bits per heavy atom. The molecule has 0 radical (unpaired) electrons. The molecule has 410 valence electrons. The first-order chi connectivity index (χ1) is 37.9. The van der Waals surface area contributed by atoms with Crippen molar-refractivity contribution < 1.29 is 38.9 Å². The van der Waals surface area contributed by atoms with Gasteiger partial charge in [0.15, 0.2) is 10.8 Å². The molecule has 3 aliphatic heterocycles. The lowest BCUT2D eigenvalue weighted by atomic mass is 9.85. The molecule has 79 heavy (non-hydrogen) atoms. The Bertz CT molecular complexity index is 3410. The van der Waals surface area contributed by atoms with E-state index in [0.717, 1.165) is 48.6 Å². The van der Waals surface area contributed by atoms with Gasteiger partial charge in [-0.1, -0.05) is 92.8 Å². The van der Waals surface area contributed by atoms with Gasteiger partial charge < -0.3 is 35.4 Å². The molecule has 6 heterocycles. The van der Waals surface area contributed by atoms with E-state index in [4.69, 9.17) is 9.72 Å². The molecule has 17 nitrogen and oxygen atoms in total. The monoisotopic (exact) mass is 1100 g/mol. The summed E-state index contributed by atoms with van der Waals surface area (Å²) in [5.74, 6) is -1.43. The summed E-state index contributed by atoms with van der Waals surface area (Å²) in [6, 6.07) is 28.3. The number of benzene rings is 4. The number of aryl methyl sites for hydroxylation is 1. The molecular weight excluding hydrogens is 1040 g/mol. The Kier molecular flexibility index (Phi) is 16.0. The van der Waals surface area contributed by atoms with E-state index in [1.807, 2.05) is 142 Å². The van der Waals surface area contributed by atoms with Crippen molar-refractivity contribution in [2.45, 2.75) is 104 Å². The standard InChI is InChI=1S/C60H65N9O8S2/c1-34-42(43-21-22-50(64-52(43)58(75)76)68-28-23-38-11-9-13-44(45(38)31-68)55(72)66-59-63-46-14-7-8-16-49(46)79-59)12-10-15-48(34)77-41-24-26-67(27-25-41)32-51(71)65-54(60(4,5)6)57(74)69-30-40(70)29-47(69)56(73)62-35(2)37-17-19-39(20-18-37)53-36(3)61-33-78-53/h7-22,33,35,40-41,47,54,70H,23-32H2,1-6H3,(H,62,73)(H,65,71)(H,75,76)(H,63,66,72)/t35-,40+,47-,54+/m0/s1. The molecule has 4 amide bonds. The number of β-amino-alcohol motifs (C(OH)–C–C–N with tert-alkyl or cyclic N) is 1. The molecule has 0 saturated carbocycles. The minimum absolute atomic E-state index is 0.0245. The van der Waals surface area contributed by atoms with E-state index in [1.54, 1.807) is 23.5 Å². The maximum absolute atomic E-state index is 14.4. The van der Waals surface area contributed by atoms with Crippen LogP contribution in [-0.2, 0) is 27.3 Å². The highest BCUT2D eigenvalue weighted by Crippen LogP contribution is 2.37. The minimum Gasteiger partial charge on any atom is -0.490 e. The summed E-state index contributed by atoms with van der Waals surface area (Å²) in [7, 11) is 0. The number of pyridine rings is 1. The third kappa shape index (κ3) is 12.0. The first kappa shape index (κ1) is 54.8. The van der Waals surface area contributed by atoms with Crippen molar-refractivity contribution in [2.24, 2.45) is 5.41 Å². The summed E-state index contributed by atoms with van der Waals surface area (Å²) < 4.78 is 7.58. The number of aromatic carboxylic acids is 1. The number of aliphatic hydroxyl groups excluding tert-OH is 1. The molecule has 10 rings (SSSR count). The van der Waals surface area contributed by atoms with Crippen LogP contribution in [0.3, 0.4) is 0 Å². The zero-order chi connectivity index (χ0) is 55.7. The lowest BCUT2D eigenvalue weighted by Crippen LogP contribution is -2.59. The quantitative estimate of drug-likeness (QED) is 0.0649. The first-order valence-electron chi connectivity index (χ1n) is 26.7. The highest BCUT2D eigenvalue weighted by Gasteiger charge is 2.45. The fourth-order valence-electron chi connectivity index (χ4n) is 10.9. The predicted octanol–water partition coefficient (Wildman–Crippen LogP) is 8.83. The van der Waals surface area contributed by atoms with Crippen LogP contribution < -0.4 is 25.6 Å². The van der Waals surface area contributed by atoms with E-state index < -0.39 is 35.5 Å². The van der Waals surface area contributed by atoms with E-state index >= 15 is 0 Å². The normalized spacial score (nSPS) is 17.7. The summed E-state index contributed by atoms with van der Waals surface area (Å²) >= 11 is 2.99. The van der Waals surface area contributed by atoms with Crippen LogP contribution in [0.1, 0.15) is 102 Å². The molecule has 4 aromatic carbocycles. The molecular formula is C60H65N9O8S2. The van der Waals surface area contributed by atoms with E-state index in [9.17, 15) is 34.2 Å². The van der Waals surface area contributed by atoms with Crippen LogP contribution in [0.2, 0.25) is 0 Å². The summed E-state index contributed by atoms with van der Waals surface area (Å²) in [5.41, 5.74) is 9.05. The third-order valence-electron chi connectivity index (χ3n) is 15.3. The minimum atomic E-state index is -1.17. The molecule has 0 spiro atoms. The molecule has 4 atom stereocenters. The van der Waals surface area contributed by atoms with E-state index in [-0.39, 0.29) is 55.1 Å². The number of nitrogens with zero attached hydrogens (tertiary/aromatic N) is 6. The number of rotatable bonds is 15. The Hall–Kier alpha value is -7.58. The Morgan fingerprint density at radius 1 is 0.861 bits per heavy atom. The number of para-hydroxylation sites is 1. The van der Waals surface area contributed by atoms with Crippen molar-refractivity contribution in [3.8, 4) is 27.3 Å². The van der Waals surface area contributed by atoms with Crippen molar-refractivity contribution in [2.75, 3.05) is 42.9 Å². The number of fused-ring (bicyclic) bond motifs is 2. The van der Waals surface area contributed by atoms with Crippen molar-refractivity contribution >= 4 is 73.4 Å². The number of aromatic nitrogens is 3. The smallest absolute Gasteiger partial charge is 0.355 e. The van der Waals surface area contributed by atoms with Crippen molar-refractivity contribution in [1.82, 2.24) is 35.4 Å². The Labute approximate surface area is 467 Å². The average molecular weight is 1100 g/mol. The second-order valence-electron chi connectivity index (χ2n) is 21.8. The molecule has 19 heteroatoms. The summed E-state index contributed by atoms with van der Waals surface area (Å²) in [5, 5.41) is 30.9. The van der Waals surface area contributed by atoms with Crippen LogP contribution in [0.25, 0.3) is 31.8 Å². The van der Waals surface area contributed by atoms with Gasteiger partial charge in [0.25, 0.3) is 5.91 Å². The lowest BCUT2D eigenvalue weighted by molar-refractivity contribution is -0.144. The van der Waals surface area contributed by atoms with Crippen LogP contribution in [-0.4, -0.2) is 122 Å². The fraction of sp³-hybridized carbons (Fsp3) is 0.367. The van der Waals surface area contributed by atoms with Gasteiger partial charge >= 0.3 is 5.97 Å². The van der Waals surface area contributed by atoms with Gasteiger partial charge in [0.05, 0.1) is 45.0 Å². The van der Waals surface area contributed by atoms with Gasteiger partial charge in [-0.05, 0) is 115 Å². The second-order valence-corrected chi connectivity index (χ2v) is 23.7. The number of piperidine rings is 1. The zero-order valence-corrected chi connectivity index (χ0v) is 46.7. The number of aliphatic hydroxyl groups is 1. The summed E-state index contributed by atoms with van der Waals surface area (Å²) in [6.45, 7) is 13.5. The second kappa shape index (κ2) is 23.0. The number of hydrogen-bond acceptors (Lipinski definition) is 14. The van der Waals surface area contributed by atoms with Crippen LogP contribution >= 0.6 is 22.7 Å². The van der Waals surface area contributed by atoms with Gasteiger partial charge in [-0.25, -0.2) is 19.7 Å². The van der Waals surface area contributed by atoms with Crippen LogP contribution in [0.4, 0.5) is 10.9 Å². The summed E-state index contributed by atoms with van der Waals surface area (Å²) in [6.07, 6.45) is 0.906. The third-order valence-corrected chi connectivity index (χ3v) is 17.2. The molecule has 3 aromatic heterocycles. The Morgan fingerprint density at radius 3 is 2.34 bits per heavy atom. The molecule has 0 aliphatic carbocycles. The molecule has 0 unspecified atom stereocenters. The van der Waals surface area contributed by atoms with Crippen LogP contribution in [0.15, 0.2) is 103 Å². The molecule has 0 bridgehead atoms. The molecule has 2 saturated heterocycles. The largest absolute Gasteiger partial charge is 0.490 e. The molecule has 3 aliphatic rings. The molecule has 7 aromatic rings.